The Balaban J connectivity index is 1.79. The van der Waals surface area contributed by atoms with Gasteiger partial charge in [0.2, 0.25) is 0 Å². The third-order valence-corrected chi connectivity index (χ3v) is 6.28. The molecule has 21 heavy (non-hydrogen) atoms. The number of sulfonamides is 1. The summed E-state index contributed by atoms with van der Waals surface area (Å²) in [5, 5.41) is 3.65. The molecule has 1 unspecified atom stereocenters. The summed E-state index contributed by atoms with van der Waals surface area (Å²) in [5.74, 6) is 0.721. The molecule has 2 fully saturated rings. The van der Waals surface area contributed by atoms with Gasteiger partial charge in [0.1, 0.15) is 5.82 Å². The topological polar surface area (TPSA) is 67.2 Å². The highest BCUT2D eigenvalue weighted by Crippen LogP contribution is 2.26. The number of rotatable bonds is 5. The number of hydrogen-bond donors (Lipinski definition) is 1. The van der Waals surface area contributed by atoms with Crippen LogP contribution in [0.15, 0.2) is 11.2 Å². The van der Waals surface area contributed by atoms with E-state index in [0.717, 1.165) is 31.6 Å². The highest BCUT2D eigenvalue weighted by atomic mass is 32.2. The average Bonchev–Trinajstić information content (AvgIpc) is 3.22. The van der Waals surface area contributed by atoms with Gasteiger partial charge in [0, 0.05) is 38.4 Å². The smallest absolute Gasteiger partial charge is 0.262 e. The van der Waals surface area contributed by atoms with Crippen molar-refractivity contribution >= 4 is 10.0 Å². The van der Waals surface area contributed by atoms with Gasteiger partial charge >= 0.3 is 0 Å². The normalized spacial score (nSPS) is 24.4. The van der Waals surface area contributed by atoms with Crippen molar-refractivity contribution in [3.05, 3.63) is 12.0 Å². The number of imidazole rings is 1. The second-order valence-electron chi connectivity index (χ2n) is 6.19. The lowest BCUT2D eigenvalue weighted by Crippen LogP contribution is -2.48. The van der Waals surface area contributed by atoms with Crippen molar-refractivity contribution in [2.45, 2.75) is 56.1 Å². The first-order valence-electron chi connectivity index (χ1n) is 7.73. The molecule has 118 valence electrons. The maximum Gasteiger partial charge on any atom is 0.262 e. The fourth-order valence-electron chi connectivity index (χ4n) is 2.86. The SMILES string of the molecule is Cc1nc(S(=O)(=O)N2CCCCC2CNC2CC2)cn1C. The van der Waals surface area contributed by atoms with E-state index < -0.39 is 10.0 Å². The Hall–Kier alpha value is -0.920. The van der Waals surface area contributed by atoms with Gasteiger partial charge in [-0.15, -0.1) is 0 Å². The van der Waals surface area contributed by atoms with Crippen LogP contribution in [0.2, 0.25) is 0 Å². The molecule has 2 heterocycles. The van der Waals surface area contributed by atoms with Crippen molar-refractivity contribution in [2.24, 2.45) is 7.05 Å². The van der Waals surface area contributed by atoms with Crippen LogP contribution in [0.1, 0.15) is 37.9 Å². The van der Waals surface area contributed by atoms with E-state index in [9.17, 15) is 8.42 Å². The first-order valence-corrected chi connectivity index (χ1v) is 9.17. The van der Waals surface area contributed by atoms with E-state index in [2.05, 4.69) is 10.3 Å². The Labute approximate surface area is 126 Å². The van der Waals surface area contributed by atoms with Crippen molar-refractivity contribution < 1.29 is 8.42 Å². The van der Waals surface area contributed by atoms with Gasteiger partial charge in [-0.3, -0.25) is 0 Å². The van der Waals surface area contributed by atoms with Crippen LogP contribution in [-0.2, 0) is 17.1 Å². The lowest BCUT2D eigenvalue weighted by atomic mass is 10.1. The zero-order chi connectivity index (χ0) is 15.0. The van der Waals surface area contributed by atoms with E-state index in [1.807, 2.05) is 14.0 Å². The number of nitrogens with one attached hydrogen (secondary N) is 1. The van der Waals surface area contributed by atoms with E-state index in [1.165, 1.54) is 12.8 Å². The fraction of sp³-hybridized carbons (Fsp3) is 0.786. The second kappa shape index (κ2) is 5.70. The number of aromatic nitrogens is 2. The highest BCUT2D eigenvalue weighted by molar-refractivity contribution is 7.89. The van der Waals surface area contributed by atoms with Crippen LogP contribution >= 0.6 is 0 Å². The van der Waals surface area contributed by atoms with E-state index in [1.54, 1.807) is 15.1 Å². The van der Waals surface area contributed by atoms with Gasteiger partial charge < -0.3 is 9.88 Å². The first kappa shape index (κ1) is 15.0. The highest BCUT2D eigenvalue weighted by Gasteiger charge is 2.35. The van der Waals surface area contributed by atoms with Crippen LogP contribution in [-0.4, -0.2) is 47.4 Å². The molecule has 6 nitrogen and oxygen atoms in total. The molecule has 0 radical (unpaired) electrons. The molecule has 1 saturated carbocycles. The molecule has 0 amide bonds. The van der Waals surface area contributed by atoms with Crippen LogP contribution in [0, 0.1) is 6.92 Å². The fourth-order valence-corrected chi connectivity index (χ4v) is 4.58. The summed E-state index contributed by atoms with van der Waals surface area (Å²) in [4.78, 5) is 4.21. The van der Waals surface area contributed by atoms with Crippen molar-refractivity contribution in [2.75, 3.05) is 13.1 Å². The third-order valence-electron chi connectivity index (χ3n) is 4.45. The second-order valence-corrected chi connectivity index (χ2v) is 8.02. The van der Waals surface area contributed by atoms with E-state index in [4.69, 9.17) is 0 Å². The summed E-state index contributed by atoms with van der Waals surface area (Å²) in [7, 11) is -1.66. The molecule has 0 spiro atoms. The first-order chi connectivity index (χ1) is 9.98. The zero-order valence-electron chi connectivity index (χ0n) is 12.7. The maximum absolute atomic E-state index is 12.8. The predicted molar refractivity (Wildman–Crippen MR) is 80.5 cm³/mol. The molecule has 1 N–H and O–H groups in total. The van der Waals surface area contributed by atoms with Gasteiger partial charge in [-0.25, -0.2) is 13.4 Å². The molecule has 1 aliphatic heterocycles. The third kappa shape index (κ3) is 3.14. The zero-order valence-corrected chi connectivity index (χ0v) is 13.6. The molecule has 1 atom stereocenters. The Kier molecular flexibility index (Phi) is 4.07. The Morgan fingerprint density at radius 3 is 2.71 bits per heavy atom. The van der Waals surface area contributed by atoms with Crippen LogP contribution in [0.4, 0.5) is 0 Å². The van der Waals surface area contributed by atoms with Gasteiger partial charge in [-0.1, -0.05) is 6.42 Å². The molecule has 2 aliphatic rings. The van der Waals surface area contributed by atoms with Crippen LogP contribution < -0.4 is 5.32 Å². The molecule has 1 saturated heterocycles. The lowest BCUT2D eigenvalue weighted by molar-refractivity contribution is 0.244. The van der Waals surface area contributed by atoms with E-state index in [0.29, 0.717) is 12.6 Å². The minimum absolute atomic E-state index is 0.0617. The average molecular weight is 312 g/mol. The van der Waals surface area contributed by atoms with Crippen molar-refractivity contribution in [1.82, 2.24) is 19.2 Å². The van der Waals surface area contributed by atoms with Crippen molar-refractivity contribution in [1.29, 1.82) is 0 Å². The molecule has 1 aliphatic carbocycles. The number of aryl methyl sites for hydroxylation is 2. The predicted octanol–water partition coefficient (Wildman–Crippen LogP) is 1.02. The lowest BCUT2D eigenvalue weighted by Gasteiger charge is -2.34. The van der Waals surface area contributed by atoms with Gasteiger partial charge in [-0.2, -0.15) is 4.31 Å². The summed E-state index contributed by atoms with van der Waals surface area (Å²) < 4.78 is 29.1. The minimum atomic E-state index is -3.48. The quantitative estimate of drug-likeness (QED) is 0.881. The summed E-state index contributed by atoms with van der Waals surface area (Å²) in [6.45, 7) is 3.19. The number of piperidine rings is 1. The van der Waals surface area contributed by atoms with Gasteiger partial charge in [0.05, 0.1) is 0 Å². The Morgan fingerprint density at radius 1 is 1.33 bits per heavy atom. The monoisotopic (exact) mass is 312 g/mol. The molecule has 1 aromatic heterocycles. The van der Waals surface area contributed by atoms with Gasteiger partial charge in [0.15, 0.2) is 5.03 Å². The van der Waals surface area contributed by atoms with Crippen LogP contribution in [0.3, 0.4) is 0 Å². The summed E-state index contributed by atoms with van der Waals surface area (Å²) in [6.07, 6.45) is 7.03. The largest absolute Gasteiger partial charge is 0.337 e. The van der Waals surface area contributed by atoms with Crippen molar-refractivity contribution in [3.63, 3.8) is 0 Å². The molecular formula is C14H24N4O2S. The summed E-state index contributed by atoms with van der Waals surface area (Å²) in [5.41, 5.74) is 0. The number of hydrogen-bond acceptors (Lipinski definition) is 4. The molecule has 7 heteroatoms. The van der Waals surface area contributed by atoms with Crippen LogP contribution in [0.25, 0.3) is 0 Å². The van der Waals surface area contributed by atoms with Gasteiger partial charge in [-0.05, 0) is 32.6 Å². The van der Waals surface area contributed by atoms with E-state index >= 15 is 0 Å². The summed E-state index contributed by atoms with van der Waals surface area (Å²) >= 11 is 0. The Morgan fingerprint density at radius 2 is 2.10 bits per heavy atom. The Bertz CT molecular complexity index is 587. The molecule has 3 rings (SSSR count). The van der Waals surface area contributed by atoms with Gasteiger partial charge in [0.25, 0.3) is 10.0 Å². The standard InChI is InChI=1S/C14H24N4O2S/c1-11-16-14(10-17(11)2)21(19,20)18-8-4-3-5-13(18)9-15-12-6-7-12/h10,12-13,15H,3-9H2,1-2H3. The van der Waals surface area contributed by atoms with Crippen molar-refractivity contribution in [3.8, 4) is 0 Å². The minimum Gasteiger partial charge on any atom is -0.337 e. The van der Waals surface area contributed by atoms with Crippen LogP contribution in [0.5, 0.6) is 0 Å². The number of nitrogens with zero attached hydrogens (tertiary/aromatic N) is 3. The molecular weight excluding hydrogens is 288 g/mol. The maximum atomic E-state index is 12.8. The molecule has 0 bridgehead atoms. The van der Waals surface area contributed by atoms with E-state index in [-0.39, 0.29) is 11.1 Å². The summed E-state index contributed by atoms with van der Waals surface area (Å²) in [6, 6.07) is 0.667. The molecule has 1 aromatic rings. The molecule has 0 aromatic carbocycles.